The SMILES string of the molecule is CCc1csc(CNC(=O)c2cc(F)cc(-c3ccc(C(=O)O)nc3)c2)n1. The number of aromatic carboxylic acids is 1. The van der Waals surface area contributed by atoms with E-state index in [9.17, 15) is 14.0 Å². The Hall–Kier alpha value is -3.13. The molecular weight excluding hydrogens is 369 g/mol. The zero-order chi connectivity index (χ0) is 19.4. The van der Waals surface area contributed by atoms with Crippen LogP contribution in [0.5, 0.6) is 0 Å². The van der Waals surface area contributed by atoms with E-state index in [4.69, 9.17) is 5.11 Å². The van der Waals surface area contributed by atoms with Gasteiger partial charge in [0.1, 0.15) is 16.5 Å². The molecule has 0 spiro atoms. The van der Waals surface area contributed by atoms with E-state index in [0.717, 1.165) is 23.2 Å². The summed E-state index contributed by atoms with van der Waals surface area (Å²) >= 11 is 1.46. The number of nitrogens with one attached hydrogen (secondary N) is 1. The standard InChI is InChI=1S/C19H16FN3O3S/c1-2-15-10-27-17(23-15)9-22-18(24)13-5-12(6-14(20)7-13)11-3-4-16(19(25)26)21-8-11/h3-8,10H,2,9H2,1H3,(H,22,24)(H,25,26). The molecule has 0 fully saturated rings. The Balaban J connectivity index is 1.77. The van der Waals surface area contributed by atoms with Crippen molar-refractivity contribution in [2.75, 3.05) is 0 Å². The van der Waals surface area contributed by atoms with Crippen molar-refractivity contribution in [1.82, 2.24) is 15.3 Å². The first kappa shape index (κ1) is 18.7. The molecule has 0 aliphatic carbocycles. The van der Waals surface area contributed by atoms with Crippen molar-refractivity contribution >= 4 is 23.2 Å². The number of hydrogen-bond donors (Lipinski definition) is 2. The van der Waals surface area contributed by atoms with Crippen molar-refractivity contribution in [3.8, 4) is 11.1 Å². The van der Waals surface area contributed by atoms with E-state index in [-0.39, 0.29) is 17.8 Å². The molecule has 138 valence electrons. The van der Waals surface area contributed by atoms with Crippen LogP contribution in [0, 0.1) is 5.82 Å². The Morgan fingerprint density at radius 2 is 2.04 bits per heavy atom. The lowest BCUT2D eigenvalue weighted by Gasteiger charge is -2.07. The fourth-order valence-electron chi connectivity index (χ4n) is 2.43. The number of carboxylic acid groups (broad SMARTS) is 1. The molecule has 0 atom stereocenters. The number of aromatic nitrogens is 2. The molecule has 2 N–H and O–H groups in total. The molecule has 0 aliphatic heterocycles. The van der Waals surface area contributed by atoms with E-state index in [1.165, 1.54) is 41.8 Å². The molecule has 27 heavy (non-hydrogen) atoms. The molecule has 0 saturated carbocycles. The summed E-state index contributed by atoms with van der Waals surface area (Å²) in [5.74, 6) is -2.13. The third-order valence-electron chi connectivity index (χ3n) is 3.84. The maximum absolute atomic E-state index is 14.0. The van der Waals surface area contributed by atoms with Crippen molar-refractivity contribution in [2.24, 2.45) is 0 Å². The number of aryl methyl sites for hydroxylation is 1. The number of amides is 1. The zero-order valence-electron chi connectivity index (χ0n) is 14.4. The molecule has 1 aromatic carbocycles. The van der Waals surface area contributed by atoms with Gasteiger partial charge in [0.05, 0.1) is 12.2 Å². The van der Waals surface area contributed by atoms with Crippen LogP contribution >= 0.6 is 11.3 Å². The lowest BCUT2D eigenvalue weighted by Crippen LogP contribution is -2.23. The number of benzene rings is 1. The smallest absolute Gasteiger partial charge is 0.354 e. The van der Waals surface area contributed by atoms with Crippen LogP contribution in [0.15, 0.2) is 41.9 Å². The van der Waals surface area contributed by atoms with Crippen molar-refractivity contribution in [3.05, 3.63) is 69.7 Å². The molecular formula is C19H16FN3O3S. The van der Waals surface area contributed by atoms with Crippen LogP contribution in [0.25, 0.3) is 11.1 Å². The maximum atomic E-state index is 14.0. The summed E-state index contributed by atoms with van der Waals surface area (Å²) in [6, 6.07) is 6.81. The summed E-state index contributed by atoms with van der Waals surface area (Å²) in [5.41, 5.74) is 1.98. The number of rotatable bonds is 6. The predicted octanol–water partition coefficient (Wildman–Crippen LogP) is 3.53. The number of carboxylic acids is 1. The van der Waals surface area contributed by atoms with E-state index in [2.05, 4.69) is 15.3 Å². The topological polar surface area (TPSA) is 92.2 Å². The zero-order valence-corrected chi connectivity index (χ0v) is 15.2. The van der Waals surface area contributed by atoms with Gasteiger partial charge in [-0.2, -0.15) is 0 Å². The molecule has 3 rings (SSSR count). The van der Waals surface area contributed by atoms with Crippen LogP contribution in [-0.4, -0.2) is 27.0 Å². The average molecular weight is 385 g/mol. The molecule has 3 aromatic rings. The first-order valence-corrected chi connectivity index (χ1v) is 9.06. The first-order chi connectivity index (χ1) is 13.0. The van der Waals surface area contributed by atoms with Gasteiger partial charge in [-0.25, -0.2) is 19.2 Å². The molecule has 8 heteroatoms. The Morgan fingerprint density at radius 1 is 1.22 bits per heavy atom. The summed E-state index contributed by atoms with van der Waals surface area (Å²) < 4.78 is 14.0. The molecule has 0 bridgehead atoms. The number of pyridine rings is 1. The quantitative estimate of drug-likeness (QED) is 0.677. The fourth-order valence-corrected chi connectivity index (χ4v) is 3.25. The minimum atomic E-state index is -1.14. The molecule has 0 saturated heterocycles. The second kappa shape index (κ2) is 8.05. The summed E-state index contributed by atoms with van der Waals surface area (Å²) in [5, 5.41) is 14.4. The second-order valence-electron chi connectivity index (χ2n) is 5.73. The van der Waals surface area contributed by atoms with E-state index >= 15 is 0 Å². The number of halogens is 1. The largest absolute Gasteiger partial charge is 0.477 e. The highest BCUT2D eigenvalue weighted by Gasteiger charge is 2.12. The number of carbonyl (C=O) groups excluding carboxylic acids is 1. The van der Waals surface area contributed by atoms with Crippen LogP contribution in [0.2, 0.25) is 0 Å². The van der Waals surface area contributed by atoms with Gasteiger partial charge in [0.25, 0.3) is 5.91 Å². The minimum absolute atomic E-state index is 0.108. The maximum Gasteiger partial charge on any atom is 0.354 e. The van der Waals surface area contributed by atoms with Gasteiger partial charge in [0.15, 0.2) is 0 Å². The van der Waals surface area contributed by atoms with E-state index in [1.54, 1.807) is 0 Å². The fraction of sp³-hybridized carbons (Fsp3) is 0.158. The van der Waals surface area contributed by atoms with E-state index in [0.29, 0.717) is 11.1 Å². The first-order valence-electron chi connectivity index (χ1n) is 8.18. The van der Waals surface area contributed by atoms with Crippen LogP contribution in [0.3, 0.4) is 0 Å². The number of thiazole rings is 1. The second-order valence-corrected chi connectivity index (χ2v) is 6.68. The Bertz CT molecular complexity index is 986. The normalized spacial score (nSPS) is 10.6. The summed E-state index contributed by atoms with van der Waals surface area (Å²) in [6.07, 6.45) is 2.16. The van der Waals surface area contributed by atoms with Crippen molar-refractivity contribution < 1.29 is 19.1 Å². The van der Waals surface area contributed by atoms with Gasteiger partial charge >= 0.3 is 5.97 Å². The Morgan fingerprint density at radius 3 is 2.67 bits per heavy atom. The number of hydrogen-bond acceptors (Lipinski definition) is 5. The minimum Gasteiger partial charge on any atom is -0.477 e. The third kappa shape index (κ3) is 4.53. The molecule has 6 nitrogen and oxygen atoms in total. The van der Waals surface area contributed by atoms with Crippen molar-refractivity contribution in [2.45, 2.75) is 19.9 Å². The van der Waals surface area contributed by atoms with Gasteiger partial charge in [-0.05, 0) is 36.2 Å². The predicted molar refractivity (Wildman–Crippen MR) is 99.3 cm³/mol. The molecule has 2 heterocycles. The van der Waals surface area contributed by atoms with Gasteiger partial charge in [0.2, 0.25) is 0 Å². The van der Waals surface area contributed by atoms with Crippen LogP contribution < -0.4 is 5.32 Å². The van der Waals surface area contributed by atoms with Crippen LogP contribution in [0.4, 0.5) is 4.39 Å². The Labute approximate surface area is 158 Å². The summed E-state index contributed by atoms with van der Waals surface area (Å²) in [4.78, 5) is 31.4. The Kier molecular flexibility index (Phi) is 5.56. The number of carbonyl (C=O) groups is 2. The van der Waals surface area contributed by atoms with Crippen LogP contribution in [-0.2, 0) is 13.0 Å². The summed E-state index contributed by atoms with van der Waals surface area (Å²) in [6.45, 7) is 2.27. The monoisotopic (exact) mass is 385 g/mol. The highest BCUT2D eigenvalue weighted by molar-refractivity contribution is 7.09. The molecule has 2 aromatic heterocycles. The number of nitrogens with zero attached hydrogens (tertiary/aromatic N) is 2. The highest BCUT2D eigenvalue weighted by Crippen LogP contribution is 2.22. The van der Waals surface area contributed by atoms with Crippen molar-refractivity contribution in [3.63, 3.8) is 0 Å². The van der Waals surface area contributed by atoms with Gasteiger partial charge in [-0.1, -0.05) is 13.0 Å². The van der Waals surface area contributed by atoms with Gasteiger partial charge in [0, 0.05) is 22.7 Å². The highest BCUT2D eigenvalue weighted by atomic mass is 32.1. The third-order valence-corrected chi connectivity index (χ3v) is 4.74. The molecule has 0 radical (unpaired) electrons. The van der Waals surface area contributed by atoms with Gasteiger partial charge in [-0.3, -0.25) is 4.79 Å². The van der Waals surface area contributed by atoms with Gasteiger partial charge < -0.3 is 10.4 Å². The molecule has 1 amide bonds. The molecule has 0 aliphatic rings. The van der Waals surface area contributed by atoms with Crippen molar-refractivity contribution in [1.29, 1.82) is 0 Å². The average Bonchev–Trinajstić information content (AvgIpc) is 3.14. The molecule has 0 unspecified atom stereocenters. The van der Waals surface area contributed by atoms with Crippen LogP contribution in [0.1, 0.15) is 38.5 Å². The van der Waals surface area contributed by atoms with E-state index < -0.39 is 17.7 Å². The summed E-state index contributed by atoms with van der Waals surface area (Å²) in [7, 11) is 0. The lowest BCUT2D eigenvalue weighted by molar-refractivity contribution is 0.0690. The van der Waals surface area contributed by atoms with E-state index in [1.807, 2.05) is 12.3 Å². The lowest BCUT2D eigenvalue weighted by atomic mass is 10.0. The van der Waals surface area contributed by atoms with Gasteiger partial charge in [-0.15, -0.1) is 11.3 Å².